The summed E-state index contributed by atoms with van der Waals surface area (Å²) >= 11 is 5.87. The first kappa shape index (κ1) is 16.4. The Bertz CT molecular complexity index is 487. The van der Waals surface area contributed by atoms with Crippen molar-refractivity contribution in [2.24, 2.45) is 5.92 Å². The zero-order valence-corrected chi connectivity index (χ0v) is 12.2. The van der Waals surface area contributed by atoms with Crippen LogP contribution in [-0.4, -0.2) is 35.0 Å². The highest BCUT2D eigenvalue weighted by Crippen LogP contribution is 2.20. The Balaban J connectivity index is 2.80. The summed E-state index contributed by atoms with van der Waals surface area (Å²) in [6, 6.07) is 4.23. The molecule has 20 heavy (non-hydrogen) atoms. The molecule has 1 amide bonds. The van der Waals surface area contributed by atoms with Crippen LogP contribution in [0.1, 0.15) is 19.4 Å². The number of nitrogens with zero attached hydrogens (tertiary/aromatic N) is 1. The summed E-state index contributed by atoms with van der Waals surface area (Å²) < 4.78 is 13.6. The van der Waals surface area contributed by atoms with E-state index in [1.54, 1.807) is 6.92 Å². The van der Waals surface area contributed by atoms with Gasteiger partial charge in [-0.05, 0) is 19.1 Å². The van der Waals surface area contributed by atoms with E-state index < -0.39 is 17.7 Å². The Morgan fingerprint density at radius 3 is 2.60 bits per heavy atom. The number of carboxylic acids is 1. The van der Waals surface area contributed by atoms with E-state index in [4.69, 9.17) is 16.7 Å². The SMILES string of the molecule is CCN(CC(C)C(=O)O)C(=O)Cc1c(F)cccc1Cl. The van der Waals surface area contributed by atoms with Gasteiger partial charge in [0.25, 0.3) is 0 Å². The van der Waals surface area contributed by atoms with Gasteiger partial charge in [0.1, 0.15) is 5.82 Å². The fraction of sp³-hybridized carbons (Fsp3) is 0.429. The van der Waals surface area contributed by atoms with E-state index in [0.717, 1.165) is 0 Å². The number of hydrogen-bond donors (Lipinski definition) is 1. The van der Waals surface area contributed by atoms with E-state index in [1.165, 1.54) is 30.0 Å². The lowest BCUT2D eigenvalue weighted by atomic mass is 10.1. The van der Waals surface area contributed by atoms with Crippen LogP contribution in [0.3, 0.4) is 0 Å². The Morgan fingerprint density at radius 2 is 2.10 bits per heavy atom. The molecule has 4 nitrogen and oxygen atoms in total. The number of aliphatic carboxylic acids is 1. The van der Waals surface area contributed by atoms with Crippen molar-refractivity contribution in [2.45, 2.75) is 20.3 Å². The third-order valence-electron chi connectivity index (χ3n) is 3.04. The molecule has 1 atom stereocenters. The molecule has 0 aliphatic carbocycles. The molecule has 0 heterocycles. The van der Waals surface area contributed by atoms with E-state index in [9.17, 15) is 14.0 Å². The Labute approximate surface area is 122 Å². The molecule has 1 rings (SSSR count). The third-order valence-corrected chi connectivity index (χ3v) is 3.39. The number of carbonyl (C=O) groups excluding carboxylic acids is 1. The normalized spacial score (nSPS) is 12.0. The minimum Gasteiger partial charge on any atom is -0.481 e. The van der Waals surface area contributed by atoms with Crippen LogP contribution in [-0.2, 0) is 16.0 Å². The van der Waals surface area contributed by atoms with Crippen LogP contribution < -0.4 is 0 Å². The summed E-state index contributed by atoms with van der Waals surface area (Å²) in [5.41, 5.74) is 0.139. The van der Waals surface area contributed by atoms with Crippen molar-refractivity contribution in [1.82, 2.24) is 4.90 Å². The number of carboxylic acid groups (broad SMARTS) is 1. The second-order valence-electron chi connectivity index (χ2n) is 4.55. The molecular formula is C14H17ClFNO3. The van der Waals surface area contributed by atoms with Crippen molar-refractivity contribution in [1.29, 1.82) is 0 Å². The van der Waals surface area contributed by atoms with Crippen molar-refractivity contribution in [3.8, 4) is 0 Å². The minimum absolute atomic E-state index is 0.0940. The number of rotatable bonds is 6. The van der Waals surface area contributed by atoms with Crippen LogP contribution in [0.2, 0.25) is 5.02 Å². The van der Waals surface area contributed by atoms with Crippen molar-refractivity contribution in [2.75, 3.05) is 13.1 Å². The number of carbonyl (C=O) groups is 2. The van der Waals surface area contributed by atoms with Crippen molar-refractivity contribution < 1.29 is 19.1 Å². The molecule has 0 aliphatic heterocycles. The van der Waals surface area contributed by atoms with Gasteiger partial charge in [-0.1, -0.05) is 24.6 Å². The van der Waals surface area contributed by atoms with Gasteiger partial charge >= 0.3 is 5.97 Å². The molecule has 1 aromatic rings. The molecule has 1 unspecified atom stereocenters. The third kappa shape index (κ3) is 4.20. The van der Waals surface area contributed by atoms with Gasteiger partial charge in [-0.2, -0.15) is 0 Å². The van der Waals surface area contributed by atoms with Gasteiger partial charge in [-0.15, -0.1) is 0 Å². The highest BCUT2D eigenvalue weighted by molar-refractivity contribution is 6.31. The van der Waals surface area contributed by atoms with Crippen LogP contribution in [0.5, 0.6) is 0 Å². The van der Waals surface area contributed by atoms with Gasteiger partial charge in [0.05, 0.1) is 12.3 Å². The standard InChI is InChI=1S/C14H17ClFNO3/c1-3-17(8-9(2)14(19)20)13(18)7-10-11(15)5-4-6-12(10)16/h4-6,9H,3,7-8H2,1-2H3,(H,19,20). The molecule has 0 aliphatic rings. The lowest BCUT2D eigenvalue weighted by molar-refractivity contribution is -0.142. The number of likely N-dealkylation sites (N-methyl/N-ethyl adjacent to an activating group) is 1. The first-order valence-electron chi connectivity index (χ1n) is 6.30. The summed E-state index contributed by atoms with van der Waals surface area (Å²) in [5.74, 6) is -2.52. The van der Waals surface area contributed by atoms with Crippen LogP contribution in [0.15, 0.2) is 18.2 Å². The van der Waals surface area contributed by atoms with Gasteiger partial charge in [0.2, 0.25) is 5.91 Å². The number of amides is 1. The molecule has 0 saturated carbocycles. The van der Waals surface area contributed by atoms with Gasteiger partial charge in [-0.3, -0.25) is 9.59 Å². The summed E-state index contributed by atoms with van der Waals surface area (Å²) in [7, 11) is 0. The number of halogens is 2. The fourth-order valence-corrected chi connectivity index (χ4v) is 2.01. The number of benzene rings is 1. The van der Waals surface area contributed by atoms with Crippen LogP contribution in [0, 0.1) is 11.7 Å². The Hall–Kier alpha value is -1.62. The Kier molecular flexibility index (Phi) is 5.95. The molecule has 1 N–H and O–H groups in total. The maximum atomic E-state index is 13.6. The zero-order chi connectivity index (χ0) is 15.3. The van der Waals surface area contributed by atoms with E-state index in [0.29, 0.717) is 6.54 Å². The van der Waals surface area contributed by atoms with Crippen molar-refractivity contribution in [3.63, 3.8) is 0 Å². The molecular weight excluding hydrogens is 285 g/mol. The maximum absolute atomic E-state index is 13.6. The highest BCUT2D eigenvalue weighted by Gasteiger charge is 2.21. The predicted octanol–water partition coefficient (Wildman–Crippen LogP) is 2.59. The number of hydrogen-bond acceptors (Lipinski definition) is 2. The predicted molar refractivity (Wildman–Crippen MR) is 74.2 cm³/mol. The summed E-state index contributed by atoms with van der Waals surface area (Å²) in [6.45, 7) is 3.73. The highest BCUT2D eigenvalue weighted by atomic mass is 35.5. The van der Waals surface area contributed by atoms with E-state index >= 15 is 0 Å². The lowest BCUT2D eigenvalue weighted by Gasteiger charge is -2.23. The maximum Gasteiger partial charge on any atom is 0.308 e. The van der Waals surface area contributed by atoms with Crippen molar-refractivity contribution in [3.05, 3.63) is 34.6 Å². The molecule has 0 saturated heterocycles. The quantitative estimate of drug-likeness (QED) is 0.878. The molecule has 0 spiro atoms. The van der Waals surface area contributed by atoms with Gasteiger partial charge in [0, 0.05) is 23.7 Å². The molecule has 6 heteroatoms. The van der Waals surface area contributed by atoms with Crippen molar-refractivity contribution >= 4 is 23.5 Å². The van der Waals surface area contributed by atoms with Gasteiger partial charge in [0.15, 0.2) is 0 Å². The average molecular weight is 302 g/mol. The molecule has 0 fully saturated rings. The van der Waals surface area contributed by atoms with E-state index in [2.05, 4.69) is 0 Å². The van der Waals surface area contributed by atoms with E-state index in [1.807, 2.05) is 0 Å². The Morgan fingerprint density at radius 1 is 1.45 bits per heavy atom. The average Bonchev–Trinajstić information content (AvgIpc) is 2.39. The molecule has 0 aromatic heterocycles. The van der Waals surface area contributed by atoms with Gasteiger partial charge in [-0.25, -0.2) is 4.39 Å². The van der Waals surface area contributed by atoms with Crippen LogP contribution >= 0.6 is 11.6 Å². The first-order valence-corrected chi connectivity index (χ1v) is 6.68. The van der Waals surface area contributed by atoms with Gasteiger partial charge < -0.3 is 10.0 Å². The lowest BCUT2D eigenvalue weighted by Crippen LogP contribution is -2.37. The molecule has 110 valence electrons. The zero-order valence-electron chi connectivity index (χ0n) is 11.4. The van der Waals surface area contributed by atoms with Crippen LogP contribution in [0.4, 0.5) is 4.39 Å². The second kappa shape index (κ2) is 7.24. The molecule has 0 radical (unpaired) electrons. The second-order valence-corrected chi connectivity index (χ2v) is 4.96. The topological polar surface area (TPSA) is 57.6 Å². The smallest absolute Gasteiger partial charge is 0.308 e. The summed E-state index contributed by atoms with van der Waals surface area (Å²) in [6.07, 6.45) is -0.175. The fourth-order valence-electron chi connectivity index (χ4n) is 1.78. The molecule has 1 aromatic carbocycles. The largest absolute Gasteiger partial charge is 0.481 e. The minimum atomic E-state index is -0.972. The monoisotopic (exact) mass is 301 g/mol. The van der Waals surface area contributed by atoms with Crippen LogP contribution in [0.25, 0.3) is 0 Å². The molecule has 0 bridgehead atoms. The van der Waals surface area contributed by atoms with E-state index in [-0.39, 0.29) is 29.5 Å². The first-order chi connectivity index (χ1) is 9.36. The summed E-state index contributed by atoms with van der Waals surface area (Å²) in [5, 5.41) is 9.06. The summed E-state index contributed by atoms with van der Waals surface area (Å²) in [4.78, 5) is 24.3.